The Morgan fingerprint density at radius 3 is 1.93 bits per heavy atom. The van der Waals surface area contributed by atoms with E-state index >= 15 is 0 Å². The van der Waals surface area contributed by atoms with Gasteiger partial charge in [0, 0.05) is 18.0 Å². The Bertz CT molecular complexity index is 1720. The van der Waals surface area contributed by atoms with Gasteiger partial charge in [0.1, 0.15) is 6.20 Å². The van der Waals surface area contributed by atoms with Gasteiger partial charge in [-0.15, -0.1) is 15.0 Å². The van der Waals surface area contributed by atoms with Crippen LogP contribution in [0.25, 0.3) is 22.6 Å². The van der Waals surface area contributed by atoms with E-state index in [1.807, 2.05) is 97.1 Å². The summed E-state index contributed by atoms with van der Waals surface area (Å²) in [5, 5.41) is 26.1. The second kappa shape index (κ2) is 11.4. The van der Waals surface area contributed by atoms with Crippen molar-refractivity contribution >= 4 is 5.69 Å². The van der Waals surface area contributed by atoms with Crippen molar-refractivity contribution in [1.29, 1.82) is 0 Å². The third-order valence-corrected chi connectivity index (χ3v) is 6.94. The summed E-state index contributed by atoms with van der Waals surface area (Å²) in [7, 11) is 0. The fourth-order valence-electron chi connectivity index (χ4n) is 5.18. The maximum Gasteiger partial charge on any atom is 0.329 e. The van der Waals surface area contributed by atoms with Gasteiger partial charge in [-0.1, -0.05) is 91.0 Å². The molecule has 0 saturated carbocycles. The Labute approximate surface area is 241 Å². The molecule has 0 N–H and O–H groups in total. The molecule has 6 aromatic rings. The molecule has 6 rings (SSSR count). The molecule has 0 atom stereocenters. The molecule has 0 fully saturated rings. The van der Waals surface area contributed by atoms with E-state index in [1.165, 1.54) is 6.20 Å². The van der Waals surface area contributed by atoms with E-state index in [4.69, 9.17) is 9.84 Å². The quantitative estimate of drug-likeness (QED) is 0.122. The predicted octanol–water partition coefficient (Wildman–Crippen LogP) is 5.94. The van der Waals surface area contributed by atoms with Gasteiger partial charge >= 0.3 is 5.69 Å². The second-order valence-electron chi connectivity index (χ2n) is 9.34. The van der Waals surface area contributed by atoms with Crippen LogP contribution in [-0.2, 0) is 5.54 Å². The molecule has 0 aliphatic heterocycles. The average Bonchev–Trinajstić information content (AvgIpc) is 3.53. The fraction of sp³-hybridized carbons (Fsp3) is 0.0938. The van der Waals surface area contributed by atoms with Gasteiger partial charge < -0.3 is 4.74 Å². The molecule has 10 nitrogen and oxygen atoms in total. The molecule has 3 aromatic heterocycles. The molecule has 0 radical (unpaired) electrons. The molecule has 0 amide bonds. The summed E-state index contributed by atoms with van der Waals surface area (Å²) >= 11 is 0. The molecule has 3 heterocycles. The first-order valence-electron chi connectivity index (χ1n) is 13.3. The van der Waals surface area contributed by atoms with E-state index in [1.54, 1.807) is 30.2 Å². The van der Waals surface area contributed by atoms with Crippen LogP contribution in [0.2, 0.25) is 0 Å². The minimum atomic E-state index is -1.02. The van der Waals surface area contributed by atoms with Crippen molar-refractivity contribution in [3.05, 3.63) is 149 Å². The topological polar surface area (TPSA) is 122 Å². The molecule has 206 valence electrons. The number of nitro groups is 1. The largest absolute Gasteiger partial charge is 0.486 e. The van der Waals surface area contributed by atoms with Crippen LogP contribution in [0.3, 0.4) is 0 Å². The lowest BCUT2D eigenvalue weighted by molar-refractivity contribution is -0.386. The van der Waals surface area contributed by atoms with Crippen molar-refractivity contribution in [1.82, 2.24) is 30.2 Å². The molecule has 0 spiro atoms. The molecule has 0 bridgehead atoms. The molecular weight excluding hydrogens is 530 g/mol. The average molecular weight is 556 g/mol. The maximum atomic E-state index is 12.1. The highest BCUT2D eigenvalue weighted by molar-refractivity contribution is 5.84. The zero-order valence-electron chi connectivity index (χ0n) is 22.6. The number of tetrazole rings is 1. The Morgan fingerprint density at radius 1 is 0.833 bits per heavy atom. The van der Waals surface area contributed by atoms with Crippen LogP contribution < -0.4 is 4.74 Å². The van der Waals surface area contributed by atoms with Gasteiger partial charge in [-0.05, 0) is 41.0 Å². The Hall–Kier alpha value is -5.77. The summed E-state index contributed by atoms with van der Waals surface area (Å²) in [5.74, 6) is 0.140. The van der Waals surface area contributed by atoms with Crippen LogP contribution in [-0.4, -0.2) is 41.7 Å². The van der Waals surface area contributed by atoms with Crippen molar-refractivity contribution in [2.45, 2.75) is 12.5 Å². The van der Waals surface area contributed by atoms with E-state index in [2.05, 4.69) is 20.3 Å². The summed E-state index contributed by atoms with van der Waals surface area (Å²) in [4.78, 5) is 21.8. The van der Waals surface area contributed by atoms with Crippen LogP contribution in [0, 0.1) is 10.1 Å². The Morgan fingerprint density at radius 2 is 1.43 bits per heavy atom. The van der Waals surface area contributed by atoms with E-state index in [9.17, 15) is 10.1 Å². The Kier molecular flexibility index (Phi) is 7.17. The number of aromatic nitrogens is 6. The minimum absolute atomic E-state index is 0.0145. The fourth-order valence-corrected chi connectivity index (χ4v) is 5.18. The van der Waals surface area contributed by atoms with Crippen molar-refractivity contribution in [2.75, 3.05) is 6.61 Å². The lowest BCUT2D eigenvalue weighted by Crippen LogP contribution is -2.39. The molecule has 0 saturated heterocycles. The number of pyridine rings is 2. The smallest absolute Gasteiger partial charge is 0.329 e. The molecule has 10 heteroatoms. The van der Waals surface area contributed by atoms with Crippen molar-refractivity contribution in [2.24, 2.45) is 0 Å². The van der Waals surface area contributed by atoms with Gasteiger partial charge in [0.15, 0.2) is 5.54 Å². The first-order chi connectivity index (χ1) is 20.6. The highest BCUT2D eigenvalue weighted by Gasteiger charge is 2.42. The minimum Gasteiger partial charge on any atom is -0.486 e. The van der Waals surface area contributed by atoms with E-state index in [0.29, 0.717) is 11.3 Å². The van der Waals surface area contributed by atoms with Crippen molar-refractivity contribution < 1.29 is 9.66 Å². The highest BCUT2D eigenvalue weighted by atomic mass is 16.6. The monoisotopic (exact) mass is 555 g/mol. The van der Waals surface area contributed by atoms with E-state index in [-0.39, 0.29) is 29.4 Å². The third-order valence-electron chi connectivity index (χ3n) is 6.94. The third kappa shape index (κ3) is 4.54. The number of benzene rings is 3. The van der Waals surface area contributed by atoms with Crippen LogP contribution in [0.5, 0.6) is 5.75 Å². The number of nitrogens with zero attached hydrogens (tertiary/aromatic N) is 7. The van der Waals surface area contributed by atoms with E-state index < -0.39 is 10.5 Å². The SMILES string of the molecule is CCOc1c([N+](=O)[O-])cnc(-c2cccnc2)c1-c1nnn(C(c2ccccc2)(c2ccccc2)c2ccccc2)n1. The first kappa shape index (κ1) is 26.5. The zero-order valence-corrected chi connectivity index (χ0v) is 22.6. The first-order valence-corrected chi connectivity index (χ1v) is 13.3. The van der Waals surface area contributed by atoms with Gasteiger partial charge in [0.2, 0.25) is 11.6 Å². The summed E-state index contributed by atoms with van der Waals surface area (Å²) in [5.41, 5.74) is 2.66. The zero-order chi connectivity index (χ0) is 28.9. The number of rotatable bonds is 9. The van der Waals surface area contributed by atoms with E-state index in [0.717, 1.165) is 16.7 Å². The molecular formula is C32H25N7O3. The molecule has 0 aliphatic carbocycles. The summed E-state index contributed by atoms with van der Waals surface area (Å²) in [6.07, 6.45) is 4.45. The van der Waals surface area contributed by atoms with Crippen molar-refractivity contribution in [3.8, 4) is 28.4 Å². The normalized spacial score (nSPS) is 11.3. The molecule has 42 heavy (non-hydrogen) atoms. The number of hydrogen-bond acceptors (Lipinski definition) is 8. The summed E-state index contributed by atoms with van der Waals surface area (Å²) < 4.78 is 5.88. The van der Waals surface area contributed by atoms with Gasteiger partial charge in [-0.3, -0.25) is 15.1 Å². The summed E-state index contributed by atoms with van der Waals surface area (Å²) in [6.45, 7) is 1.94. The lowest BCUT2D eigenvalue weighted by atomic mass is 9.77. The summed E-state index contributed by atoms with van der Waals surface area (Å²) in [6, 6.07) is 33.3. The van der Waals surface area contributed by atoms with Gasteiger partial charge in [0.05, 0.1) is 22.8 Å². The van der Waals surface area contributed by atoms with Gasteiger partial charge in [0.25, 0.3) is 0 Å². The number of ether oxygens (including phenoxy) is 1. The predicted molar refractivity (Wildman–Crippen MR) is 157 cm³/mol. The molecule has 0 aliphatic rings. The highest BCUT2D eigenvalue weighted by Crippen LogP contribution is 2.44. The second-order valence-corrected chi connectivity index (χ2v) is 9.34. The van der Waals surface area contributed by atoms with Crippen LogP contribution in [0.1, 0.15) is 23.6 Å². The maximum absolute atomic E-state index is 12.1. The molecule has 0 unspecified atom stereocenters. The lowest BCUT2D eigenvalue weighted by Gasteiger charge is -2.34. The van der Waals surface area contributed by atoms with Gasteiger partial charge in [-0.2, -0.15) is 0 Å². The van der Waals surface area contributed by atoms with Crippen LogP contribution in [0.4, 0.5) is 5.69 Å². The van der Waals surface area contributed by atoms with Crippen molar-refractivity contribution in [3.63, 3.8) is 0 Å². The standard InChI is InChI=1S/C32H25N7O3/c1-2-42-30-27(38(40)41)22-34-29(23-13-12-20-33-21-23)28(30)31-35-37-39(36-31)32(24-14-6-3-7-15-24,25-16-8-4-9-17-25)26-18-10-5-11-19-26/h3-22H,2H2,1H3. The van der Waals surface area contributed by atoms with Crippen LogP contribution in [0.15, 0.2) is 122 Å². The van der Waals surface area contributed by atoms with Gasteiger partial charge in [-0.25, -0.2) is 4.98 Å². The number of hydrogen-bond donors (Lipinski definition) is 0. The Balaban J connectivity index is 1.67. The van der Waals surface area contributed by atoms with Crippen LogP contribution >= 0.6 is 0 Å². The molecule has 3 aromatic carbocycles.